The molecule has 3 nitrogen and oxygen atoms in total. The zero-order valence-electron chi connectivity index (χ0n) is 9.72. The van der Waals surface area contributed by atoms with E-state index in [1.54, 1.807) is 18.0 Å². The van der Waals surface area contributed by atoms with Gasteiger partial charge in [0.25, 0.3) is 0 Å². The Morgan fingerprint density at radius 2 is 2.06 bits per heavy atom. The van der Waals surface area contributed by atoms with Gasteiger partial charge in [-0.25, -0.2) is 4.98 Å². The van der Waals surface area contributed by atoms with E-state index in [0.29, 0.717) is 5.89 Å². The Labute approximate surface area is 105 Å². The van der Waals surface area contributed by atoms with Crippen molar-refractivity contribution in [3.63, 3.8) is 0 Å². The van der Waals surface area contributed by atoms with Crippen molar-refractivity contribution in [2.24, 2.45) is 0 Å². The molecule has 0 aliphatic heterocycles. The van der Waals surface area contributed by atoms with Crippen LogP contribution in [0.1, 0.15) is 11.3 Å². The van der Waals surface area contributed by atoms with E-state index in [-0.39, 0.29) is 6.61 Å². The Morgan fingerprint density at radius 3 is 2.76 bits per heavy atom. The van der Waals surface area contributed by atoms with E-state index in [1.807, 2.05) is 24.3 Å². The zero-order valence-corrected chi connectivity index (χ0v) is 10.5. The fourth-order valence-corrected chi connectivity index (χ4v) is 2.06. The average Bonchev–Trinajstić information content (AvgIpc) is 2.79. The van der Waals surface area contributed by atoms with Crippen LogP contribution in [0, 0.1) is 6.92 Å². The first-order chi connectivity index (χ1) is 8.29. The molecule has 0 fully saturated rings. The summed E-state index contributed by atoms with van der Waals surface area (Å²) in [5.41, 5.74) is 3.13. The topological polar surface area (TPSA) is 46.3 Å². The molecule has 1 aromatic carbocycles. The maximum absolute atomic E-state index is 8.69. The van der Waals surface area contributed by atoms with Crippen LogP contribution in [0.2, 0.25) is 0 Å². The Morgan fingerprint density at radius 1 is 1.29 bits per heavy atom. The molecule has 17 heavy (non-hydrogen) atoms. The summed E-state index contributed by atoms with van der Waals surface area (Å²) in [5.74, 6) is 2.16. The lowest BCUT2D eigenvalue weighted by Crippen LogP contribution is -1.88. The number of aliphatic hydroxyl groups is 1. The van der Waals surface area contributed by atoms with Gasteiger partial charge in [-0.2, -0.15) is 11.8 Å². The van der Waals surface area contributed by atoms with Crippen LogP contribution >= 0.6 is 11.8 Å². The molecule has 0 amide bonds. The summed E-state index contributed by atoms with van der Waals surface area (Å²) in [7, 11) is 0. The van der Waals surface area contributed by atoms with Crippen molar-refractivity contribution >= 4 is 11.8 Å². The third-order valence-corrected chi connectivity index (χ3v) is 3.31. The van der Waals surface area contributed by atoms with Gasteiger partial charge in [-0.15, -0.1) is 0 Å². The Hall–Kier alpha value is -1.26. The summed E-state index contributed by atoms with van der Waals surface area (Å²) in [6, 6.07) is 8.09. The maximum atomic E-state index is 8.69. The van der Waals surface area contributed by atoms with Crippen LogP contribution in [0.3, 0.4) is 0 Å². The van der Waals surface area contributed by atoms with E-state index in [9.17, 15) is 0 Å². The van der Waals surface area contributed by atoms with E-state index < -0.39 is 0 Å². The number of hydrogen-bond acceptors (Lipinski definition) is 4. The van der Waals surface area contributed by atoms with Crippen LogP contribution in [-0.2, 0) is 5.75 Å². The van der Waals surface area contributed by atoms with E-state index >= 15 is 0 Å². The monoisotopic (exact) mass is 249 g/mol. The number of thioether (sulfide) groups is 1. The predicted molar refractivity (Wildman–Crippen MR) is 69.9 cm³/mol. The Balaban J connectivity index is 2.04. The molecule has 0 aliphatic rings. The summed E-state index contributed by atoms with van der Waals surface area (Å²) >= 11 is 1.64. The van der Waals surface area contributed by atoms with Crippen molar-refractivity contribution in [2.45, 2.75) is 12.7 Å². The average molecular weight is 249 g/mol. The molecule has 2 rings (SSSR count). The van der Waals surface area contributed by atoms with Crippen LogP contribution in [-0.4, -0.2) is 22.5 Å². The molecule has 1 heterocycles. The van der Waals surface area contributed by atoms with Gasteiger partial charge in [0.05, 0.1) is 12.3 Å². The van der Waals surface area contributed by atoms with Gasteiger partial charge in [-0.1, -0.05) is 17.7 Å². The highest BCUT2D eigenvalue weighted by Crippen LogP contribution is 2.20. The number of benzene rings is 1. The van der Waals surface area contributed by atoms with Gasteiger partial charge in [0.15, 0.2) is 0 Å². The number of nitrogens with zero attached hydrogens (tertiary/aromatic N) is 1. The van der Waals surface area contributed by atoms with Crippen molar-refractivity contribution in [2.75, 3.05) is 12.4 Å². The normalized spacial score (nSPS) is 10.7. The summed E-state index contributed by atoms with van der Waals surface area (Å²) in [6.45, 7) is 2.25. The zero-order chi connectivity index (χ0) is 12.1. The molecular formula is C13H15NO2S. The number of hydrogen-bond donors (Lipinski definition) is 1. The number of oxazole rings is 1. The van der Waals surface area contributed by atoms with Crippen molar-refractivity contribution in [1.82, 2.24) is 4.98 Å². The quantitative estimate of drug-likeness (QED) is 0.828. The van der Waals surface area contributed by atoms with Gasteiger partial charge in [0, 0.05) is 17.1 Å². The smallest absolute Gasteiger partial charge is 0.226 e. The molecule has 0 saturated carbocycles. The highest BCUT2D eigenvalue weighted by molar-refractivity contribution is 7.98. The Bertz CT molecular complexity index is 465. The van der Waals surface area contributed by atoms with Crippen molar-refractivity contribution in [1.29, 1.82) is 0 Å². The highest BCUT2D eigenvalue weighted by Gasteiger charge is 2.06. The van der Waals surface area contributed by atoms with Gasteiger partial charge < -0.3 is 9.52 Å². The molecule has 0 saturated heterocycles. The molecule has 0 bridgehead atoms. The summed E-state index contributed by atoms with van der Waals surface area (Å²) in [4.78, 5) is 4.41. The molecule has 0 spiro atoms. The van der Waals surface area contributed by atoms with Gasteiger partial charge in [-0.3, -0.25) is 0 Å². The first-order valence-electron chi connectivity index (χ1n) is 5.49. The van der Waals surface area contributed by atoms with Gasteiger partial charge in [0.2, 0.25) is 5.89 Å². The Kier molecular flexibility index (Phi) is 4.23. The van der Waals surface area contributed by atoms with E-state index in [2.05, 4.69) is 11.9 Å². The van der Waals surface area contributed by atoms with Gasteiger partial charge in [-0.05, 0) is 19.1 Å². The molecule has 0 aliphatic carbocycles. The van der Waals surface area contributed by atoms with Gasteiger partial charge >= 0.3 is 0 Å². The number of aliphatic hydroxyl groups excluding tert-OH is 1. The second-order valence-corrected chi connectivity index (χ2v) is 4.89. The predicted octanol–water partition coefficient (Wildman–Crippen LogP) is 2.88. The van der Waals surface area contributed by atoms with Crippen molar-refractivity contribution in [3.05, 3.63) is 41.8 Å². The van der Waals surface area contributed by atoms with Crippen LogP contribution in [0.15, 0.2) is 34.9 Å². The third kappa shape index (κ3) is 3.35. The maximum Gasteiger partial charge on any atom is 0.226 e. The lowest BCUT2D eigenvalue weighted by molar-refractivity contribution is 0.322. The SMILES string of the molecule is Cc1ccc(-c2nc(CSCCO)co2)cc1. The highest BCUT2D eigenvalue weighted by atomic mass is 32.2. The molecular weight excluding hydrogens is 234 g/mol. The number of aromatic nitrogens is 1. The standard InChI is InChI=1S/C13H15NO2S/c1-10-2-4-11(5-3-10)13-14-12(8-16-13)9-17-7-6-15/h2-5,8,15H,6-7,9H2,1H3. The first-order valence-corrected chi connectivity index (χ1v) is 6.65. The fourth-order valence-electron chi connectivity index (χ4n) is 1.44. The molecule has 0 radical (unpaired) electrons. The minimum absolute atomic E-state index is 0.202. The fraction of sp³-hybridized carbons (Fsp3) is 0.308. The minimum Gasteiger partial charge on any atom is -0.444 e. The molecule has 90 valence electrons. The summed E-state index contributed by atoms with van der Waals surface area (Å²) in [5, 5.41) is 8.69. The van der Waals surface area contributed by atoms with Crippen LogP contribution < -0.4 is 0 Å². The summed E-state index contributed by atoms with van der Waals surface area (Å²) < 4.78 is 5.43. The number of rotatable bonds is 5. The van der Waals surface area contributed by atoms with Crippen LogP contribution in [0.5, 0.6) is 0 Å². The summed E-state index contributed by atoms with van der Waals surface area (Å²) in [6.07, 6.45) is 1.68. The lowest BCUT2D eigenvalue weighted by atomic mass is 10.1. The second-order valence-electron chi connectivity index (χ2n) is 3.79. The van der Waals surface area contributed by atoms with Crippen molar-refractivity contribution in [3.8, 4) is 11.5 Å². The molecule has 0 unspecified atom stereocenters. The molecule has 0 atom stereocenters. The largest absolute Gasteiger partial charge is 0.444 e. The van der Waals surface area contributed by atoms with E-state index in [0.717, 1.165) is 22.8 Å². The van der Waals surface area contributed by atoms with Crippen molar-refractivity contribution < 1.29 is 9.52 Å². The molecule has 1 aromatic heterocycles. The minimum atomic E-state index is 0.202. The van der Waals surface area contributed by atoms with Gasteiger partial charge in [0.1, 0.15) is 6.26 Å². The third-order valence-electron chi connectivity index (χ3n) is 2.34. The molecule has 4 heteroatoms. The van der Waals surface area contributed by atoms with Crippen LogP contribution in [0.4, 0.5) is 0 Å². The van der Waals surface area contributed by atoms with Crippen LogP contribution in [0.25, 0.3) is 11.5 Å². The number of aryl methyl sites for hydroxylation is 1. The van der Waals surface area contributed by atoms with E-state index in [1.165, 1.54) is 5.56 Å². The molecule has 1 N–H and O–H groups in total. The second kappa shape index (κ2) is 5.89. The lowest BCUT2D eigenvalue weighted by Gasteiger charge is -1.96. The molecule has 2 aromatic rings. The van der Waals surface area contributed by atoms with E-state index in [4.69, 9.17) is 9.52 Å². The first kappa shape index (κ1) is 12.2.